The van der Waals surface area contributed by atoms with E-state index in [0.717, 1.165) is 50.6 Å². The van der Waals surface area contributed by atoms with Crippen molar-refractivity contribution in [2.45, 2.75) is 38.7 Å². The van der Waals surface area contributed by atoms with Gasteiger partial charge in [0.05, 0.1) is 11.8 Å². The van der Waals surface area contributed by atoms with Gasteiger partial charge in [-0.1, -0.05) is 6.92 Å². The molecule has 7 heteroatoms. The van der Waals surface area contributed by atoms with Crippen molar-refractivity contribution in [3.05, 3.63) is 11.3 Å². The van der Waals surface area contributed by atoms with E-state index >= 15 is 0 Å². The average molecular weight is 334 g/mol. The van der Waals surface area contributed by atoms with E-state index in [0.29, 0.717) is 12.1 Å². The molecule has 2 rings (SSSR count). The molecule has 1 atom stereocenters. The second-order valence-corrected chi connectivity index (χ2v) is 7.08. The van der Waals surface area contributed by atoms with Crippen LogP contribution in [0.25, 0.3) is 0 Å². The summed E-state index contributed by atoms with van der Waals surface area (Å²) in [5, 5.41) is 26.0. The van der Waals surface area contributed by atoms with Crippen LogP contribution in [0.3, 0.4) is 0 Å². The molecule has 0 aromatic carbocycles. The number of hydrogen-bond donors (Lipinski definition) is 3. The number of nitrogen functional groups attached to an aromatic ring is 1. The topological polar surface area (TPSA) is 105 Å². The van der Waals surface area contributed by atoms with Crippen molar-refractivity contribution >= 4 is 5.82 Å². The number of aromatic nitrogens is 2. The van der Waals surface area contributed by atoms with Crippen molar-refractivity contribution < 1.29 is 5.11 Å². The van der Waals surface area contributed by atoms with Crippen LogP contribution < -0.4 is 5.73 Å². The number of nitrogens with two attached hydrogens (primary N) is 1. The maximum Gasteiger partial charge on any atom is 0.163 e. The quantitative estimate of drug-likeness (QED) is 0.650. The third-order valence-corrected chi connectivity index (χ3v) is 4.82. The molecule has 0 amide bonds. The lowest BCUT2D eigenvalue weighted by Crippen LogP contribution is -2.42. The van der Waals surface area contributed by atoms with Crippen LogP contribution in [0.5, 0.6) is 0 Å². The number of likely N-dealkylation sites (tertiary alicyclic amines) is 1. The van der Waals surface area contributed by atoms with Gasteiger partial charge >= 0.3 is 0 Å². The van der Waals surface area contributed by atoms with Crippen LogP contribution in [0.15, 0.2) is 0 Å². The minimum Gasteiger partial charge on any atom is -0.390 e. The number of hydrogen-bond acceptors (Lipinski definition) is 6. The number of nitriles is 1. The Kier molecular flexibility index (Phi) is 7.03. The number of likely N-dealkylation sites (N-methyl/N-ethyl adjacent to an activating group) is 1. The van der Waals surface area contributed by atoms with Crippen LogP contribution in [0, 0.1) is 17.2 Å². The first-order chi connectivity index (χ1) is 11.5. The third kappa shape index (κ3) is 5.48. The Morgan fingerprint density at radius 3 is 2.88 bits per heavy atom. The van der Waals surface area contributed by atoms with Crippen molar-refractivity contribution in [2.75, 3.05) is 45.5 Å². The Hall–Kier alpha value is -1.62. The third-order valence-electron chi connectivity index (χ3n) is 4.82. The molecule has 1 fully saturated rings. The van der Waals surface area contributed by atoms with Gasteiger partial charge in [-0.2, -0.15) is 10.4 Å². The Bertz CT molecular complexity index is 544. The van der Waals surface area contributed by atoms with Gasteiger partial charge in [0.2, 0.25) is 0 Å². The van der Waals surface area contributed by atoms with E-state index in [1.807, 2.05) is 7.05 Å². The highest BCUT2D eigenvalue weighted by molar-refractivity contribution is 5.50. The van der Waals surface area contributed by atoms with E-state index in [-0.39, 0.29) is 11.9 Å². The number of aliphatic hydroxyl groups is 1. The lowest BCUT2D eigenvalue weighted by Gasteiger charge is -2.32. The highest BCUT2D eigenvalue weighted by atomic mass is 16.3. The summed E-state index contributed by atoms with van der Waals surface area (Å²) in [7, 11) is 2.02. The summed E-state index contributed by atoms with van der Waals surface area (Å²) in [6, 6.07) is 2.08. The number of aliphatic hydroxyl groups excluding tert-OH is 1. The van der Waals surface area contributed by atoms with Crippen molar-refractivity contribution in [3.8, 4) is 6.07 Å². The Morgan fingerprint density at radius 2 is 2.21 bits per heavy atom. The molecule has 0 saturated carbocycles. The molecule has 0 aliphatic carbocycles. The molecular weight excluding hydrogens is 304 g/mol. The summed E-state index contributed by atoms with van der Waals surface area (Å²) in [5.74, 6) is 1.09. The predicted octanol–water partition coefficient (Wildman–Crippen LogP) is 0.821. The fourth-order valence-electron chi connectivity index (χ4n) is 3.28. The van der Waals surface area contributed by atoms with Gasteiger partial charge in [-0.3, -0.25) is 5.10 Å². The molecule has 1 aromatic heterocycles. The SMILES string of the molecule is CC1CCN(CC(O)CN(C)CCCc2[nH]nc(N)c2C#N)CC1. The smallest absolute Gasteiger partial charge is 0.163 e. The van der Waals surface area contributed by atoms with Gasteiger partial charge in [0.15, 0.2) is 5.82 Å². The van der Waals surface area contributed by atoms with E-state index in [4.69, 9.17) is 11.0 Å². The van der Waals surface area contributed by atoms with Crippen molar-refractivity contribution in [2.24, 2.45) is 5.92 Å². The highest BCUT2D eigenvalue weighted by Gasteiger charge is 2.19. The molecule has 2 heterocycles. The number of aromatic amines is 1. The molecule has 0 bridgehead atoms. The fourth-order valence-corrected chi connectivity index (χ4v) is 3.28. The van der Waals surface area contributed by atoms with Crippen LogP contribution in [0.1, 0.15) is 37.4 Å². The van der Waals surface area contributed by atoms with Gasteiger partial charge < -0.3 is 20.6 Å². The number of β-amino-alcohol motifs (C(OH)–C–C–N with tert-alkyl or cyclic N) is 1. The number of anilines is 1. The Balaban J connectivity index is 1.65. The second-order valence-electron chi connectivity index (χ2n) is 7.08. The van der Waals surface area contributed by atoms with E-state index < -0.39 is 0 Å². The zero-order valence-corrected chi connectivity index (χ0v) is 14.8. The number of nitrogens with one attached hydrogen (secondary N) is 1. The van der Waals surface area contributed by atoms with E-state index in [2.05, 4.69) is 33.0 Å². The standard InChI is InChI=1S/C17H30N6O/c1-13-5-8-23(9-6-13)12-14(24)11-22(2)7-3-4-16-15(10-18)17(19)21-20-16/h13-14,24H,3-9,11-12H2,1-2H3,(H3,19,20,21). The van der Waals surface area contributed by atoms with E-state index in [1.54, 1.807) is 0 Å². The molecule has 7 nitrogen and oxygen atoms in total. The van der Waals surface area contributed by atoms with Gasteiger partial charge in [-0.15, -0.1) is 0 Å². The van der Waals surface area contributed by atoms with Gasteiger partial charge in [-0.25, -0.2) is 0 Å². The average Bonchev–Trinajstić information content (AvgIpc) is 2.89. The molecule has 134 valence electrons. The number of rotatable bonds is 8. The molecule has 0 spiro atoms. The number of H-pyrrole nitrogens is 1. The van der Waals surface area contributed by atoms with Crippen LogP contribution in [0.2, 0.25) is 0 Å². The summed E-state index contributed by atoms with van der Waals surface area (Å²) >= 11 is 0. The predicted molar refractivity (Wildman–Crippen MR) is 94.4 cm³/mol. The molecule has 1 saturated heterocycles. The summed E-state index contributed by atoms with van der Waals surface area (Å²) in [6.07, 6.45) is 3.77. The maximum atomic E-state index is 10.3. The molecule has 1 aromatic rings. The Labute approximate surface area is 144 Å². The molecule has 24 heavy (non-hydrogen) atoms. The normalized spacial score (nSPS) is 18.0. The fraction of sp³-hybridized carbons (Fsp3) is 0.765. The van der Waals surface area contributed by atoms with Crippen molar-refractivity contribution in [1.82, 2.24) is 20.0 Å². The van der Waals surface area contributed by atoms with E-state index in [1.165, 1.54) is 12.8 Å². The largest absolute Gasteiger partial charge is 0.390 e. The lowest BCUT2D eigenvalue weighted by molar-refractivity contribution is 0.0676. The van der Waals surface area contributed by atoms with Gasteiger partial charge in [-0.05, 0) is 58.3 Å². The molecule has 1 unspecified atom stereocenters. The van der Waals surface area contributed by atoms with Gasteiger partial charge in [0.25, 0.3) is 0 Å². The first-order valence-corrected chi connectivity index (χ1v) is 8.81. The zero-order chi connectivity index (χ0) is 17.5. The van der Waals surface area contributed by atoms with E-state index in [9.17, 15) is 5.11 Å². The Morgan fingerprint density at radius 1 is 1.50 bits per heavy atom. The van der Waals surface area contributed by atoms with Gasteiger partial charge in [0, 0.05) is 13.1 Å². The van der Waals surface area contributed by atoms with Crippen LogP contribution in [0.4, 0.5) is 5.82 Å². The molecule has 0 radical (unpaired) electrons. The van der Waals surface area contributed by atoms with Crippen molar-refractivity contribution in [1.29, 1.82) is 5.26 Å². The van der Waals surface area contributed by atoms with Gasteiger partial charge in [0.1, 0.15) is 11.6 Å². The number of nitrogens with zero attached hydrogens (tertiary/aromatic N) is 4. The maximum absolute atomic E-state index is 10.3. The minimum absolute atomic E-state index is 0.270. The molecule has 1 aliphatic rings. The molecule has 1 aliphatic heterocycles. The zero-order valence-electron chi connectivity index (χ0n) is 14.8. The number of piperidine rings is 1. The second kappa shape index (κ2) is 9.02. The molecule has 4 N–H and O–H groups in total. The summed E-state index contributed by atoms with van der Waals surface area (Å²) in [5.41, 5.74) is 6.89. The van der Waals surface area contributed by atoms with Crippen LogP contribution >= 0.6 is 0 Å². The number of aryl methyl sites for hydroxylation is 1. The first-order valence-electron chi connectivity index (χ1n) is 8.81. The summed E-state index contributed by atoms with van der Waals surface area (Å²) < 4.78 is 0. The monoisotopic (exact) mass is 334 g/mol. The van der Waals surface area contributed by atoms with Crippen molar-refractivity contribution in [3.63, 3.8) is 0 Å². The minimum atomic E-state index is -0.319. The van der Waals surface area contributed by atoms with Crippen LogP contribution in [-0.2, 0) is 6.42 Å². The lowest BCUT2D eigenvalue weighted by atomic mass is 9.99. The summed E-state index contributed by atoms with van der Waals surface area (Å²) in [6.45, 7) is 6.78. The highest BCUT2D eigenvalue weighted by Crippen LogP contribution is 2.16. The summed E-state index contributed by atoms with van der Waals surface area (Å²) in [4.78, 5) is 4.51. The van der Waals surface area contributed by atoms with Crippen LogP contribution in [-0.4, -0.2) is 71.0 Å². The molecular formula is C17H30N6O. The first kappa shape index (κ1) is 18.7.